The summed E-state index contributed by atoms with van der Waals surface area (Å²) in [6, 6.07) is 7.08. The SMILES string of the molecule is CCc1nnc(NC(=O)C(C)N(C)Cc2cc(-c3ccccn3)no2)s1. The van der Waals surface area contributed by atoms with E-state index in [0.717, 1.165) is 17.1 Å². The number of aromatic nitrogens is 4. The Labute approximate surface area is 155 Å². The second-order valence-electron chi connectivity index (χ2n) is 5.83. The van der Waals surface area contributed by atoms with E-state index in [1.807, 2.05) is 50.1 Å². The Hall–Kier alpha value is -2.65. The lowest BCUT2D eigenvalue weighted by atomic mass is 10.2. The molecule has 0 aliphatic carbocycles. The number of anilines is 1. The van der Waals surface area contributed by atoms with E-state index < -0.39 is 0 Å². The monoisotopic (exact) mass is 372 g/mol. The predicted octanol–water partition coefficient (Wildman–Crippen LogP) is 2.61. The van der Waals surface area contributed by atoms with Crippen molar-refractivity contribution < 1.29 is 9.32 Å². The van der Waals surface area contributed by atoms with E-state index in [4.69, 9.17) is 4.52 Å². The lowest BCUT2D eigenvalue weighted by Crippen LogP contribution is -2.39. The van der Waals surface area contributed by atoms with Gasteiger partial charge in [-0.2, -0.15) is 0 Å². The normalized spacial score (nSPS) is 12.3. The molecule has 3 aromatic rings. The van der Waals surface area contributed by atoms with E-state index in [1.54, 1.807) is 6.20 Å². The predicted molar refractivity (Wildman–Crippen MR) is 98.6 cm³/mol. The van der Waals surface area contributed by atoms with Crippen molar-refractivity contribution in [3.05, 3.63) is 41.2 Å². The maximum absolute atomic E-state index is 12.4. The lowest BCUT2D eigenvalue weighted by Gasteiger charge is -2.21. The van der Waals surface area contributed by atoms with Gasteiger partial charge in [0, 0.05) is 12.3 Å². The number of likely N-dealkylation sites (N-methyl/N-ethyl adjacent to an activating group) is 1. The molecule has 0 saturated heterocycles. The fourth-order valence-electron chi connectivity index (χ4n) is 2.26. The van der Waals surface area contributed by atoms with E-state index in [9.17, 15) is 4.79 Å². The second-order valence-corrected chi connectivity index (χ2v) is 6.89. The largest absolute Gasteiger partial charge is 0.359 e. The summed E-state index contributed by atoms with van der Waals surface area (Å²) in [5, 5.41) is 16.2. The molecular formula is C17H20N6O2S. The summed E-state index contributed by atoms with van der Waals surface area (Å²) in [6.07, 6.45) is 2.51. The minimum absolute atomic E-state index is 0.143. The van der Waals surface area contributed by atoms with Crippen molar-refractivity contribution in [3.8, 4) is 11.4 Å². The van der Waals surface area contributed by atoms with Crippen molar-refractivity contribution >= 4 is 22.4 Å². The minimum atomic E-state index is -0.368. The first-order valence-corrected chi connectivity index (χ1v) is 9.09. The van der Waals surface area contributed by atoms with Gasteiger partial charge in [0.2, 0.25) is 11.0 Å². The van der Waals surface area contributed by atoms with E-state index in [-0.39, 0.29) is 11.9 Å². The molecule has 0 spiro atoms. The van der Waals surface area contributed by atoms with Crippen LogP contribution in [0.25, 0.3) is 11.4 Å². The topological polar surface area (TPSA) is 97.0 Å². The standard InChI is InChI=1S/C17H20N6O2S/c1-4-15-20-21-17(26-15)19-16(24)11(2)23(3)10-12-9-14(22-25-12)13-7-5-6-8-18-13/h5-9,11H,4,10H2,1-3H3,(H,19,21,24). The maximum atomic E-state index is 12.4. The molecule has 1 amide bonds. The van der Waals surface area contributed by atoms with Gasteiger partial charge in [0.15, 0.2) is 5.76 Å². The van der Waals surface area contributed by atoms with Crippen LogP contribution in [-0.4, -0.2) is 44.2 Å². The van der Waals surface area contributed by atoms with Crippen molar-refractivity contribution in [3.63, 3.8) is 0 Å². The van der Waals surface area contributed by atoms with Crippen LogP contribution in [0.2, 0.25) is 0 Å². The van der Waals surface area contributed by atoms with E-state index in [1.165, 1.54) is 11.3 Å². The zero-order valence-electron chi connectivity index (χ0n) is 14.8. The number of nitrogens with one attached hydrogen (secondary N) is 1. The summed E-state index contributed by atoms with van der Waals surface area (Å²) in [5.74, 6) is 0.521. The van der Waals surface area contributed by atoms with Crippen LogP contribution < -0.4 is 5.32 Å². The molecule has 26 heavy (non-hydrogen) atoms. The number of rotatable bonds is 7. The van der Waals surface area contributed by atoms with Crippen molar-refractivity contribution in [2.75, 3.05) is 12.4 Å². The third-order valence-electron chi connectivity index (χ3n) is 3.93. The molecule has 0 aliphatic heterocycles. The molecule has 3 aromatic heterocycles. The number of nitrogens with zero attached hydrogens (tertiary/aromatic N) is 5. The summed E-state index contributed by atoms with van der Waals surface area (Å²) >= 11 is 1.39. The number of pyridine rings is 1. The number of carbonyl (C=O) groups is 1. The van der Waals surface area contributed by atoms with E-state index >= 15 is 0 Å². The molecule has 0 fully saturated rings. The second kappa shape index (κ2) is 8.15. The quantitative estimate of drug-likeness (QED) is 0.681. The van der Waals surface area contributed by atoms with Crippen LogP contribution in [0.5, 0.6) is 0 Å². The van der Waals surface area contributed by atoms with Gasteiger partial charge >= 0.3 is 0 Å². The van der Waals surface area contributed by atoms with Crippen molar-refractivity contribution in [1.29, 1.82) is 0 Å². The molecule has 3 heterocycles. The number of hydrogen-bond acceptors (Lipinski definition) is 8. The average Bonchev–Trinajstić information content (AvgIpc) is 3.31. The highest BCUT2D eigenvalue weighted by atomic mass is 32.1. The van der Waals surface area contributed by atoms with Crippen molar-refractivity contribution in [2.24, 2.45) is 0 Å². The first kappa shape index (κ1) is 18.2. The highest BCUT2D eigenvalue weighted by Gasteiger charge is 2.21. The molecule has 136 valence electrons. The molecule has 1 atom stereocenters. The maximum Gasteiger partial charge on any atom is 0.243 e. The molecule has 0 bridgehead atoms. The molecule has 0 aliphatic rings. The third-order valence-corrected chi connectivity index (χ3v) is 4.91. The Morgan fingerprint density at radius 1 is 1.35 bits per heavy atom. The summed E-state index contributed by atoms with van der Waals surface area (Å²) in [4.78, 5) is 18.5. The number of hydrogen-bond donors (Lipinski definition) is 1. The molecule has 0 saturated carbocycles. The summed E-state index contributed by atoms with van der Waals surface area (Å²) < 4.78 is 5.37. The van der Waals surface area contributed by atoms with Gasteiger partial charge in [-0.1, -0.05) is 29.5 Å². The summed E-state index contributed by atoms with van der Waals surface area (Å²) in [6.45, 7) is 4.27. The fourth-order valence-corrected chi connectivity index (χ4v) is 2.94. The van der Waals surface area contributed by atoms with Crippen LogP contribution in [0.3, 0.4) is 0 Å². The molecule has 3 rings (SSSR count). The first-order valence-electron chi connectivity index (χ1n) is 8.27. The van der Waals surface area contributed by atoms with Gasteiger partial charge in [-0.05, 0) is 32.5 Å². The molecule has 9 heteroatoms. The minimum Gasteiger partial charge on any atom is -0.359 e. The highest BCUT2D eigenvalue weighted by molar-refractivity contribution is 7.15. The van der Waals surface area contributed by atoms with E-state index in [2.05, 4.69) is 25.7 Å². The van der Waals surface area contributed by atoms with Gasteiger partial charge in [-0.15, -0.1) is 10.2 Å². The van der Waals surface area contributed by atoms with Crippen LogP contribution in [0, 0.1) is 0 Å². The van der Waals surface area contributed by atoms with Gasteiger partial charge in [-0.3, -0.25) is 20.0 Å². The van der Waals surface area contributed by atoms with Gasteiger partial charge in [0.05, 0.1) is 18.3 Å². The molecule has 8 nitrogen and oxygen atoms in total. The van der Waals surface area contributed by atoms with Gasteiger partial charge in [0.1, 0.15) is 10.7 Å². The van der Waals surface area contributed by atoms with Crippen LogP contribution in [0.4, 0.5) is 5.13 Å². The molecule has 0 radical (unpaired) electrons. The Kier molecular flexibility index (Phi) is 5.69. The van der Waals surface area contributed by atoms with E-state index in [0.29, 0.717) is 23.1 Å². The van der Waals surface area contributed by atoms with Crippen LogP contribution in [-0.2, 0) is 17.8 Å². The van der Waals surface area contributed by atoms with Crippen LogP contribution in [0.15, 0.2) is 35.0 Å². The average molecular weight is 372 g/mol. The molecule has 1 unspecified atom stereocenters. The van der Waals surface area contributed by atoms with Gasteiger partial charge in [0.25, 0.3) is 0 Å². The number of aryl methyl sites for hydroxylation is 1. The molecule has 0 aromatic carbocycles. The Bertz CT molecular complexity index is 863. The van der Waals surface area contributed by atoms with Crippen LogP contribution in [0.1, 0.15) is 24.6 Å². The summed E-state index contributed by atoms with van der Waals surface area (Å²) in [5.41, 5.74) is 1.42. The Balaban J connectivity index is 1.59. The first-order chi connectivity index (χ1) is 12.6. The smallest absolute Gasteiger partial charge is 0.243 e. The highest BCUT2D eigenvalue weighted by Crippen LogP contribution is 2.19. The third kappa shape index (κ3) is 4.30. The summed E-state index contributed by atoms with van der Waals surface area (Å²) in [7, 11) is 1.85. The zero-order chi connectivity index (χ0) is 18.5. The number of carbonyl (C=O) groups excluding carboxylic acids is 1. The van der Waals surface area contributed by atoms with Crippen molar-refractivity contribution in [1.82, 2.24) is 25.2 Å². The Morgan fingerprint density at radius 2 is 2.19 bits per heavy atom. The lowest BCUT2D eigenvalue weighted by molar-refractivity contribution is -0.120. The zero-order valence-corrected chi connectivity index (χ0v) is 15.7. The van der Waals surface area contributed by atoms with Gasteiger partial charge in [-0.25, -0.2) is 0 Å². The van der Waals surface area contributed by atoms with Gasteiger partial charge < -0.3 is 4.52 Å². The molecular weight excluding hydrogens is 352 g/mol. The molecule has 1 N–H and O–H groups in total. The van der Waals surface area contributed by atoms with Crippen LogP contribution >= 0.6 is 11.3 Å². The van der Waals surface area contributed by atoms with Crippen molar-refractivity contribution in [2.45, 2.75) is 32.9 Å². The fraction of sp³-hybridized carbons (Fsp3) is 0.353. The Morgan fingerprint density at radius 3 is 2.88 bits per heavy atom. The number of amides is 1.